The van der Waals surface area contributed by atoms with Gasteiger partial charge in [0.25, 0.3) is 0 Å². The van der Waals surface area contributed by atoms with Gasteiger partial charge < -0.3 is 15.1 Å². The van der Waals surface area contributed by atoms with E-state index in [1.165, 1.54) is 0 Å². The van der Waals surface area contributed by atoms with Crippen molar-refractivity contribution in [3.8, 4) is 11.1 Å². The molecule has 0 aliphatic heterocycles. The van der Waals surface area contributed by atoms with Crippen molar-refractivity contribution in [1.29, 1.82) is 0 Å². The van der Waals surface area contributed by atoms with Crippen molar-refractivity contribution in [1.82, 2.24) is 4.90 Å². The predicted molar refractivity (Wildman–Crippen MR) is 95.5 cm³/mol. The summed E-state index contributed by atoms with van der Waals surface area (Å²) in [7, 11) is 1.70. The van der Waals surface area contributed by atoms with E-state index in [4.69, 9.17) is 0 Å². The van der Waals surface area contributed by atoms with Crippen LogP contribution in [-0.4, -0.2) is 47.8 Å². The average molecular weight is 327 g/mol. The van der Waals surface area contributed by atoms with E-state index in [0.29, 0.717) is 13.0 Å². The predicted octanol–water partition coefficient (Wildman–Crippen LogP) is 2.35. The van der Waals surface area contributed by atoms with E-state index >= 15 is 0 Å². The van der Waals surface area contributed by atoms with E-state index in [0.717, 1.165) is 16.7 Å². The monoisotopic (exact) mass is 327 g/mol. The quantitative estimate of drug-likeness (QED) is 0.820. The summed E-state index contributed by atoms with van der Waals surface area (Å²) in [5.74, 6) is -0.0319. The number of hydrogen-bond acceptors (Lipinski definition) is 3. The molecule has 0 fully saturated rings. The molecule has 0 spiro atoms. The fraction of sp³-hybridized carbons (Fsp3) is 0.350. The molecule has 0 heterocycles. The number of aliphatic hydroxyl groups is 2. The molecule has 2 rings (SSSR count). The van der Waals surface area contributed by atoms with Gasteiger partial charge >= 0.3 is 0 Å². The molecule has 0 aromatic heterocycles. The number of carbonyl (C=O) groups excluding carboxylic acids is 1. The third-order valence-electron chi connectivity index (χ3n) is 4.22. The van der Waals surface area contributed by atoms with Crippen molar-refractivity contribution in [2.75, 3.05) is 26.8 Å². The number of nitrogens with zero attached hydrogens (tertiary/aromatic N) is 1. The topological polar surface area (TPSA) is 60.8 Å². The first-order valence-corrected chi connectivity index (χ1v) is 8.07. The fourth-order valence-corrected chi connectivity index (χ4v) is 2.57. The van der Waals surface area contributed by atoms with Gasteiger partial charge in [-0.05, 0) is 16.7 Å². The summed E-state index contributed by atoms with van der Waals surface area (Å²) < 4.78 is 0. The molecule has 2 aromatic rings. The van der Waals surface area contributed by atoms with Gasteiger partial charge in [-0.2, -0.15) is 0 Å². The summed E-state index contributed by atoms with van der Waals surface area (Å²) in [6.07, 6.45) is 0.304. The number of rotatable bonds is 7. The van der Waals surface area contributed by atoms with Gasteiger partial charge in [-0.25, -0.2) is 0 Å². The molecular formula is C20H25NO3. The van der Waals surface area contributed by atoms with E-state index in [1.54, 1.807) is 18.9 Å². The van der Waals surface area contributed by atoms with Crippen LogP contribution in [0.4, 0.5) is 0 Å². The van der Waals surface area contributed by atoms with Gasteiger partial charge in [-0.3, -0.25) is 4.79 Å². The molecule has 0 bridgehead atoms. The smallest absolute Gasteiger partial charge is 0.226 e. The van der Waals surface area contributed by atoms with Crippen molar-refractivity contribution in [2.45, 2.75) is 13.3 Å². The van der Waals surface area contributed by atoms with Crippen LogP contribution >= 0.6 is 0 Å². The highest BCUT2D eigenvalue weighted by molar-refractivity contribution is 5.79. The number of amides is 1. The Balaban J connectivity index is 1.99. The summed E-state index contributed by atoms with van der Waals surface area (Å²) in [6.45, 7) is 1.76. The molecule has 4 heteroatoms. The van der Waals surface area contributed by atoms with Gasteiger partial charge in [0, 0.05) is 19.0 Å². The van der Waals surface area contributed by atoms with E-state index in [1.807, 2.05) is 42.5 Å². The van der Waals surface area contributed by atoms with Crippen molar-refractivity contribution in [3.05, 3.63) is 60.2 Å². The molecule has 0 saturated heterocycles. The summed E-state index contributed by atoms with van der Waals surface area (Å²) in [4.78, 5) is 13.9. The molecule has 0 radical (unpaired) electrons. The molecule has 0 aliphatic carbocycles. The number of carbonyl (C=O) groups is 1. The van der Waals surface area contributed by atoms with E-state index in [-0.39, 0.29) is 19.1 Å². The van der Waals surface area contributed by atoms with E-state index in [2.05, 4.69) is 12.1 Å². The first-order valence-electron chi connectivity index (χ1n) is 8.07. The van der Waals surface area contributed by atoms with E-state index < -0.39 is 5.41 Å². The Morgan fingerprint density at radius 1 is 0.958 bits per heavy atom. The van der Waals surface area contributed by atoms with Crippen molar-refractivity contribution in [3.63, 3.8) is 0 Å². The molecule has 2 N–H and O–H groups in total. The molecule has 0 aliphatic rings. The van der Waals surface area contributed by atoms with Crippen LogP contribution in [0.25, 0.3) is 11.1 Å². The molecule has 1 amide bonds. The lowest BCUT2D eigenvalue weighted by Crippen LogP contribution is -2.42. The van der Waals surface area contributed by atoms with Crippen LogP contribution in [0.3, 0.4) is 0 Å². The lowest BCUT2D eigenvalue weighted by atomic mass is 9.92. The van der Waals surface area contributed by atoms with Crippen molar-refractivity contribution in [2.24, 2.45) is 5.41 Å². The van der Waals surface area contributed by atoms with Crippen LogP contribution in [0.5, 0.6) is 0 Å². The molecule has 128 valence electrons. The van der Waals surface area contributed by atoms with Crippen LogP contribution in [0.2, 0.25) is 0 Å². The summed E-state index contributed by atoms with van der Waals surface area (Å²) in [6, 6.07) is 18.1. The van der Waals surface area contributed by atoms with Gasteiger partial charge in [-0.15, -0.1) is 0 Å². The Labute approximate surface area is 143 Å². The highest BCUT2D eigenvalue weighted by Gasteiger charge is 2.26. The first kappa shape index (κ1) is 18.2. The summed E-state index contributed by atoms with van der Waals surface area (Å²) >= 11 is 0. The van der Waals surface area contributed by atoms with Crippen molar-refractivity contribution < 1.29 is 15.0 Å². The van der Waals surface area contributed by atoms with Gasteiger partial charge in [0.05, 0.1) is 19.6 Å². The Morgan fingerprint density at radius 3 is 2.04 bits per heavy atom. The molecule has 0 saturated carbocycles. The lowest BCUT2D eigenvalue weighted by molar-refractivity contribution is -0.131. The molecule has 4 nitrogen and oxygen atoms in total. The van der Waals surface area contributed by atoms with Crippen LogP contribution in [0.15, 0.2) is 54.6 Å². The standard InChI is InChI=1S/C20H25NO3/c1-20(14-22,15-23)13-21(2)19(24)12-16-8-10-18(11-9-16)17-6-4-3-5-7-17/h3-11,22-23H,12-15H2,1-2H3. The minimum atomic E-state index is -0.679. The zero-order valence-electron chi connectivity index (χ0n) is 14.3. The summed E-state index contributed by atoms with van der Waals surface area (Å²) in [5.41, 5.74) is 2.53. The third kappa shape index (κ3) is 4.66. The maximum Gasteiger partial charge on any atom is 0.226 e. The minimum absolute atomic E-state index is 0.0319. The summed E-state index contributed by atoms with van der Waals surface area (Å²) in [5, 5.41) is 18.7. The Hall–Kier alpha value is -2.17. The van der Waals surface area contributed by atoms with Gasteiger partial charge in [0.15, 0.2) is 0 Å². The SMILES string of the molecule is CN(CC(C)(CO)CO)C(=O)Cc1ccc(-c2ccccc2)cc1. The maximum absolute atomic E-state index is 12.3. The third-order valence-corrected chi connectivity index (χ3v) is 4.22. The molecular weight excluding hydrogens is 302 g/mol. The molecule has 0 atom stereocenters. The van der Waals surface area contributed by atoms with Crippen LogP contribution in [-0.2, 0) is 11.2 Å². The normalized spacial score (nSPS) is 11.3. The minimum Gasteiger partial charge on any atom is -0.396 e. The Kier molecular flexibility index (Phi) is 6.12. The molecule has 24 heavy (non-hydrogen) atoms. The average Bonchev–Trinajstić information content (AvgIpc) is 2.63. The zero-order valence-corrected chi connectivity index (χ0v) is 14.3. The van der Waals surface area contributed by atoms with Crippen LogP contribution in [0, 0.1) is 5.41 Å². The van der Waals surface area contributed by atoms with Gasteiger partial charge in [0.2, 0.25) is 5.91 Å². The fourth-order valence-electron chi connectivity index (χ4n) is 2.57. The second kappa shape index (κ2) is 8.08. The molecule has 2 aromatic carbocycles. The number of aliphatic hydroxyl groups excluding tert-OH is 2. The first-order chi connectivity index (χ1) is 11.5. The number of benzene rings is 2. The number of hydrogen-bond donors (Lipinski definition) is 2. The zero-order chi connectivity index (χ0) is 17.6. The van der Waals surface area contributed by atoms with Gasteiger partial charge in [-0.1, -0.05) is 61.5 Å². The van der Waals surface area contributed by atoms with Crippen molar-refractivity contribution >= 4 is 5.91 Å². The Bertz CT molecular complexity index is 648. The van der Waals surface area contributed by atoms with E-state index in [9.17, 15) is 15.0 Å². The highest BCUT2D eigenvalue weighted by atomic mass is 16.3. The largest absolute Gasteiger partial charge is 0.396 e. The maximum atomic E-state index is 12.3. The van der Waals surface area contributed by atoms with Crippen LogP contribution in [0.1, 0.15) is 12.5 Å². The van der Waals surface area contributed by atoms with Crippen LogP contribution < -0.4 is 0 Å². The van der Waals surface area contributed by atoms with Gasteiger partial charge in [0.1, 0.15) is 0 Å². The lowest BCUT2D eigenvalue weighted by Gasteiger charge is -2.30. The second-order valence-corrected chi connectivity index (χ2v) is 6.62. The second-order valence-electron chi connectivity index (χ2n) is 6.62. The highest BCUT2D eigenvalue weighted by Crippen LogP contribution is 2.20. The molecule has 0 unspecified atom stereocenters. The number of likely N-dealkylation sites (N-methyl/N-ethyl adjacent to an activating group) is 1. The Morgan fingerprint density at radius 2 is 1.50 bits per heavy atom.